The Morgan fingerprint density at radius 2 is 2.11 bits per heavy atom. The third-order valence-corrected chi connectivity index (χ3v) is 2.98. The maximum absolute atomic E-state index is 12.0. The van der Waals surface area contributed by atoms with E-state index in [0.717, 1.165) is 0 Å². The van der Waals surface area contributed by atoms with Gasteiger partial charge in [-0.25, -0.2) is 4.79 Å². The number of methoxy groups -OCH3 is 1. The van der Waals surface area contributed by atoms with Crippen LogP contribution in [0.5, 0.6) is 0 Å². The summed E-state index contributed by atoms with van der Waals surface area (Å²) >= 11 is 0. The zero-order chi connectivity index (χ0) is 14.5. The molecule has 1 heterocycles. The van der Waals surface area contributed by atoms with Crippen molar-refractivity contribution < 1.29 is 24.1 Å². The number of rotatable bonds is 4. The van der Waals surface area contributed by atoms with Crippen molar-refractivity contribution in [2.24, 2.45) is 5.92 Å². The van der Waals surface area contributed by atoms with Gasteiger partial charge in [0.05, 0.1) is 12.6 Å². The maximum Gasteiger partial charge on any atom is 0.410 e. The third-order valence-electron chi connectivity index (χ3n) is 2.98. The fourth-order valence-electron chi connectivity index (χ4n) is 2.01. The van der Waals surface area contributed by atoms with Crippen molar-refractivity contribution >= 4 is 6.09 Å². The molecule has 112 valence electrons. The summed E-state index contributed by atoms with van der Waals surface area (Å²) in [5.41, 5.74) is -0.506. The molecule has 1 rings (SSSR count). The van der Waals surface area contributed by atoms with Crippen LogP contribution in [0, 0.1) is 5.92 Å². The molecule has 0 bridgehead atoms. The smallest absolute Gasteiger partial charge is 0.410 e. The highest BCUT2D eigenvalue weighted by Gasteiger charge is 2.33. The lowest BCUT2D eigenvalue weighted by Crippen LogP contribution is -2.50. The van der Waals surface area contributed by atoms with Crippen molar-refractivity contribution in [3.8, 4) is 0 Å². The molecule has 0 saturated carbocycles. The Balaban J connectivity index is 2.56. The fourth-order valence-corrected chi connectivity index (χ4v) is 2.01. The topological polar surface area (TPSA) is 68.2 Å². The average Bonchev–Trinajstić information content (AvgIpc) is 2.33. The molecule has 0 aliphatic carbocycles. The van der Waals surface area contributed by atoms with Gasteiger partial charge < -0.3 is 24.2 Å². The van der Waals surface area contributed by atoms with Gasteiger partial charge in [-0.05, 0) is 27.2 Å². The SMILES string of the molecule is COCO[C@H]1CN(C(=O)OC(C)(C)C)CC[C@@H]1CO. The summed E-state index contributed by atoms with van der Waals surface area (Å²) in [6, 6.07) is 0. The van der Waals surface area contributed by atoms with Crippen LogP contribution in [0.15, 0.2) is 0 Å². The summed E-state index contributed by atoms with van der Waals surface area (Å²) in [5.74, 6) is 0.0360. The summed E-state index contributed by atoms with van der Waals surface area (Å²) < 4.78 is 15.7. The molecule has 1 saturated heterocycles. The van der Waals surface area contributed by atoms with E-state index in [0.29, 0.717) is 19.5 Å². The standard InChI is InChI=1S/C13H25NO5/c1-13(2,3)19-12(16)14-6-5-10(8-15)11(7-14)18-9-17-4/h10-11,15H,5-9H2,1-4H3/t10-,11+/m1/s1. The first-order chi connectivity index (χ1) is 8.87. The predicted octanol–water partition coefficient (Wildman–Crippen LogP) is 1.22. The van der Waals surface area contributed by atoms with Crippen molar-refractivity contribution in [1.29, 1.82) is 0 Å². The molecule has 6 heteroatoms. The molecular weight excluding hydrogens is 250 g/mol. The van der Waals surface area contributed by atoms with E-state index >= 15 is 0 Å². The lowest BCUT2D eigenvalue weighted by atomic mass is 9.95. The Morgan fingerprint density at radius 1 is 1.42 bits per heavy atom. The molecule has 0 spiro atoms. The quantitative estimate of drug-likeness (QED) is 0.781. The second-order valence-electron chi connectivity index (χ2n) is 5.77. The third kappa shape index (κ3) is 5.34. The molecule has 1 aliphatic rings. The molecule has 1 fully saturated rings. The second kappa shape index (κ2) is 7.07. The van der Waals surface area contributed by atoms with Crippen molar-refractivity contribution in [3.05, 3.63) is 0 Å². The van der Waals surface area contributed by atoms with Crippen molar-refractivity contribution in [3.63, 3.8) is 0 Å². The summed E-state index contributed by atoms with van der Waals surface area (Å²) in [7, 11) is 1.54. The molecule has 0 aromatic carbocycles. The number of carbonyl (C=O) groups excluding carboxylic acids is 1. The Bertz CT molecular complexity index is 289. The molecule has 6 nitrogen and oxygen atoms in total. The van der Waals surface area contributed by atoms with Gasteiger partial charge in [-0.2, -0.15) is 0 Å². The van der Waals surface area contributed by atoms with Gasteiger partial charge in [0.15, 0.2) is 0 Å². The van der Waals surface area contributed by atoms with Crippen LogP contribution in [0.2, 0.25) is 0 Å². The van der Waals surface area contributed by atoms with E-state index in [9.17, 15) is 9.90 Å². The van der Waals surface area contributed by atoms with Gasteiger partial charge in [-0.15, -0.1) is 0 Å². The second-order valence-corrected chi connectivity index (χ2v) is 5.77. The van der Waals surface area contributed by atoms with Crippen LogP contribution in [0.3, 0.4) is 0 Å². The van der Waals surface area contributed by atoms with E-state index < -0.39 is 5.60 Å². The molecular formula is C13H25NO5. The Morgan fingerprint density at radius 3 is 2.63 bits per heavy atom. The summed E-state index contributed by atoms with van der Waals surface area (Å²) in [4.78, 5) is 13.6. The number of nitrogens with zero attached hydrogens (tertiary/aromatic N) is 1. The van der Waals surface area contributed by atoms with Crippen LogP contribution in [-0.2, 0) is 14.2 Å². The number of hydrogen-bond acceptors (Lipinski definition) is 5. The van der Waals surface area contributed by atoms with E-state index in [1.807, 2.05) is 20.8 Å². The first-order valence-electron chi connectivity index (χ1n) is 6.56. The van der Waals surface area contributed by atoms with Crippen LogP contribution >= 0.6 is 0 Å². The number of ether oxygens (including phenoxy) is 3. The van der Waals surface area contributed by atoms with Gasteiger partial charge in [-0.1, -0.05) is 0 Å². The average molecular weight is 275 g/mol. The number of carbonyl (C=O) groups is 1. The van der Waals surface area contributed by atoms with E-state index in [1.165, 1.54) is 0 Å². The Kier molecular flexibility index (Phi) is 6.03. The van der Waals surface area contributed by atoms with Crippen molar-refractivity contribution in [1.82, 2.24) is 4.90 Å². The lowest BCUT2D eigenvalue weighted by Gasteiger charge is -2.37. The molecule has 0 aromatic rings. The zero-order valence-corrected chi connectivity index (χ0v) is 12.2. The summed E-state index contributed by atoms with van der Waals surface area (Å²) in [5, 5.41) is 9.32. The largest absolute Gasteiger partial charge is 0.444 e. The van der Waals surface area contributed by atoms with Crippen LogP contribution in [0.1, 0.15) is 27.2 Å². The fraction of sp³-hybridized carbons (Fsp3) is 0.923. The number of aliphatic hydroxyl groups excluding tert-OH is 1. The highest BCUT2D eigenvalue weighted by atomic mass is 16.7. The van der Waals surface area contributed by atoms with Gasteiger partial charge in [0, 0.05) is 26.2 Å². The van der Waals surface area contributed by atoms with Crippen molar-refractivity contribution in [2.75, 3.05) is 33.6 Å². The molecule has 0 radical (unpaired) electrons. The van der Waals surface area contributed by atoms with E-state index in [1.54, 1.807) is 12.0 Å². The van der Waals surface area contributed by atoms with Crippen LogP contribution in [-0.4, -0.2) is 61.4 Å². The van der Waals surface area contributed by atoms with Crippen LogP contribution < -0.4 is 0 Å². The predicted molar refractivity (Wildman–Crippen MR) is 69.7 cm³/mol. The molecule has 2 atom stereocenters. The van der Waals surface area contributed by atoms with E-state index in [4.69, 9.17) is 14.2 Å². The molecule has 1 N–H and O–H groups in total. The van der Waals surface area contributed by atoms with Crippen LogP contribution in [0.25, 0.3) is 0 Å². The lowest BCUT2D eigenvalue weighted by molar-refractivity contribution is -0.119. The minimum Gasteiger partial charge on any atom is -0.444 e. The minimum absolute atomic E-state index is 0.0360. The highest BCUT2D eigenvalue weighted by molar-refractivity contribution is 5.68. The summed E-state index contributed by atoms with van der Waals surface area (Å²) in [6.07, 6.45) is 0.144. The molecule has 0 unspecified atom stereocenters. The van der Waals surface area contributed by atoms with E-state index in [-0.39, 0.29) is 31.5 Å². The molecule has 19 heavy (non-hydrogen) atoms. The first-order valence-corrected chi connectivity index (χ1v) is 6.56. The number of aliphatic hydroxyl groups is 1. The highest BCUT2D eigenvalue weighted by Crippen LogP contribution is 2.22. The number of hydrogen-bond donors (Lipinski definition) is 1. The Labute approximate surface area is 114 Å². The van der Waals surface area contributed by atoms with Gasteiger partial charge in [-0.3, -0.25) is 0 Å². The van der Waals surface area contributed by atoms with E-state index in [2.05, 4.69) is 0 Å². The van der Waals surface area contributed by atoms with Gasteiger partial charge in [0.1, 0.15) is 12.4 Å². The molecule has 1 aliphatic heterocycles. The number of likely N-dealkylation sites (tertiary alicyclic amines) is 1. The monoisotopic (exact) mass is 275 g/mol. The Hall–Kier alpha value is -0.850. The zero-order valence-electron chi connectivity index (χ0n) is 12.2. The van der Waals surface area contributed by atoms with Gasteiger partial charge >= 0.3 is 6.09 Å². The maximum atomic E-state index is 12.0. The van der Waals surface area contributed by atoms with Gasteiger partial charge in [0.25, 0.3) is 0 Å². The molecule has 1 amide bonds. The molecule has 0 aromatic heterocycles. The normalized spacial score (nSPS) is 24.4. The number of piperidine rings is 1. The minimum atomic E-state index is -0.506. The summed E-state index contributed by atoms with van der Waals surface area (Å²) in [6.45, 7) is 6.72. The number of amides is 1. The van der Waals surface area contributed by atoms with Crippen LogP contribution in [0.4, 0.5) is 4.79 Å². The van der Waals surface area contributed by atoms with Crippen molar-refractivity contribution in [2.45, 2.75) is 38.9 Å². The van der Waals surface area contributed by atoms with Gasteiger partial charge in [0.2, 0.25) is 0 Å². The first kappa shape index (κ1) is 16.2.